The number of hydrogen-bond acceptors (Lipinski definition) is 4. The number of aliphatic hydroxyl groups excluding tert-OH is 1. The first-order valence-corrected chi connectivity index (χ1v) is 13.7. The second-order valence-corrected chi connectivity index (χ2v) is 12.2. The first-order chi connectivity index (χ1) is 16.6. The van der Waals surface area contributed by atoms with E-state index in [2.05, 4.69) is 58.3 Å². The van der Waals surface area contributed by atoms with Crippen molar-refractivity contribution in [2.75, 3.05) is 31.1 Å². The third kappa shape index (κ3) is 3.65. The van der Waals surface area contributed by atoms with Gasteiger partial charge >= 0.3 is 0 Å². The molecule has 0 unspecified atom stereocenters. The standard InChI is InChI=1S/C30H38N2O2/c33-29(30-16-22-13-23(17-30)15-24(14-22)18-30)20-31-11-9-21(10-12-31)19-32-25-5-1-3-7-27(25)34-28-8-4-2-6-26(28)32/h1-8,21-24,29,33H,9-20H2/t22?,23?,24?,29-,30?/m1/s1. The molecule has 5 fully saturated rings. The predicted molar refractivity (Wildman–Crippen MR) is 136 cm³/mol. The largest absolute Gasteiger partial charge is 0.453 e. The zero-order chi connectivity index (χ0) is 22.7. The molecule has 6 aliphatic rings. The van der Waals surface area contributed by atoms with E-state index in [0.717, 1.165) is 55.4 Å². The minimum atomic E-state index is -0.129. The Morgan fingerprint density at radius 3 is 1.91 bits per heavy atom. The topological polar surface area (TPSA) is 35.9 Å². The van der Waals surface area contributed by atoms with E-state index in [9.17, 15) is 5.11 Å². The Bertz CT molecular complexity index is 963. The van der Waals surface area contributed by atoms with Crippen LogP contribution in [0.15, 0.2) is 48.5 Å². The molecule has 2 aliphatic heterocycles. The molecule has 1 saturated heterocycles. The molecule has 4 aliphatic carbocycles. The summed E-state index contributed by atoms with van der Waals surface area (Å²) in [4.78, 5) is 5.04. The highest BCUT2D eigenvalue weighted by molar-refractivity contribution is 5.77. The fourth-order valence-corrected chi connectivity index (χ4v) is 8.61. The molecule has 4 bridgehead atoms. The Morgan fingerprint density at radius 2 is 1.35 bits per heavy atom. The van der Waals surface area contributed by atoms with Gasteiger partial charge in [0.15, 0.2) is 11.5 Å². The zero-order valence-electron chi connectivity index (χ0n) is 20.2. The average molecular weight is 459 g/mol. The fourth-order valence-electron chi connectivity index (χ4n) is 8.61. The number of benzene rings is 2. The Labute approximate surface area is 203 Å². The number of para-hydroxylation sites is 4. The maximum Gasteiger partial charge on any atom is 0.151 e. The number of rotatable bonds is 5. The van der Waals surface area contributed by atoms with Gasteiger partial charge in [0.1, 0.15) is 0 Å². The summed E-state index contributed by atoms with van der Waals surface area (Å²) in [7, 11) is 0. The molecule has 0 amide bonds. The molecular weight excluding hydrogens is 420 g/mol. The van der Waals surface area contributed by atoms with E-state index in [1.165, 1.54) is 62.7 Å². The maximum absolute atomic E-state index is 11.4. The lowest BCUT2D eigenvalue weighted by Gasteiger charge is -2.59. The van der Waals surface area contributed by atoms with E-state index in [1.54, 1.807) is 0 Å². The highest BCUT2D eigenvalue weighted by Crippen LogP contribution is 2.61. The van der Waals surface area contributed by atoms with Gasteiger partial charge in [0.2, 0.25) is 0 Å². The number of hydrogen-bond donors (Lipinski definition) is 1. The van der Waals surface area contributed by atoms with Crippen LogP contribution in [0.3, 0.4) is 0 Å². The summed E-state index contributed by atoms with van der Waals surface area (Å²) in [5.41, 5.74) is 2.61. The summed E-state index contributed by atoms with van der Waals surface area (Å²) >= 11 is 0. The monoisotopic (exact) mass is 458 g/mol. The molecule has 0 aromatic heterocycles. The summed E-state index contributed by atoms with van der Waals surface area (Å²) in [5, 5.41) is 11.4. The normalized spacial score (nSPS) is 33.3. The van der Waals surface area contributed by atoms with E-state index in [-0.39, 0.29) is 11.5 Å². The summed E-state index contributed by atoms with van der Waals surface area (Å²) < 4.78 is 6.18. The molecule has 4 saturated carbocycles. The molecule has 2 aromatic rings. The van der Waals surface area contributed by atoms with Crippen molar-refractivity contribution in [3.63, 3.8) is 0 Å². The van der Waals surface area contributed by atoms with Gasteiger partial charge in [0, 0.05) is 13.1 Å². The van der Waals surface area contributed by atoms with Gasteiger partial charge in [-0.25, -0.2) is 0 Å². The lowest BCUT2D eigenvalue weighted by Crippen LogP contribution is -2.55. The van der Waals surface area contributed by atoms with Crippen molar-refractivity contribution >= 4 is 11.4 Å². The number of aliphatic hydroxyl groups is 1. The number of fused-ring (bicyclic) bond motifs is 2. The second-order valence-electron chi connectivity index (χ2n) is 12.2. The van der Waals surface area contributed by atoms with Crippen LogP contribution in [0.5, 0.6) is 11.5 Å². The van der Waals surface area contributed by atoms with Crippen LogP contribution in [-0.2, 0) is 0 Å². The quantitative estimate of drug-likeness (QED) is 0.577. The molecule has 180 valence electrons. The van der Waals surface area contributed by atoms with E-state index in [1.807, 2.05) is 0 Å². The van der Waals surface area contributed by atoms with Gasteiger partial charge in [-0.15, -0.1) is 0 Å². The summed E-state index contributed by atoms with van der Waals surface area (Å²) in [6, 6.07) is 16.8. The highest BCUT2D eigenvalue weighted by atomic mass is 16.5. The van der Waals surface area contributed by atoms with Crippen molar-refractivity contribution in [1.29, 1.82) is 0 Å². The Balaban J connectivity index is 0.999. The van der Waals surface area contributed by atoms with Crippen molar-refractivity contribution in [3.8, 4) is 11.5 Å². The molecule has 1 N–H and O–H groups in total. The van der Waals surface area contributed by atoms with Gasteiger partial charge in [-0.3, -0.25) is 0 Å². The third-order valence-electron chi connectivity index (χ3n) is 9.90. The van der Waals surface area contributed by atoms with E-state index in [0.29, 0.717) is 5.92 Å². The van der Waals surface area contributed by atoms with Crippen molar-refractivity contribution in [3.05, 3.63) is 48.5 Å². The average Bonchev–Trinajstić information content (AvgIpc) is 2.84. The van der Waals surface area contributed by atoms with Gasteiger partial charge in [-0.2, -0.15) is 0 Å². The lowest BCUT2D eigenvalue weighted by atomic mass is 9.48. The number of nitrogens with zero attached hydrogens (tertiary/aromatic N) is 2. The number of ether oxygens (including phenoxy) is 1. The first kappa shape index (κ1) is 21.3. The molecule has 8 rings (SSSR count). The van der Waals surface area contributed by atoms with Crippen molar-refractivity contribution in [2.45, 2.75) is 57.5 Å². The van der Waals surface area contributed by atoms with Crippen LogP contribution >= 0.6 is 0 Å². The van der Waals surface area contributed by atoms with Crippen LogP contribution in [0.2, 0.25) is 0 Å². The predicted octanol–water partition coefficient (Wildman–Crippen LogP) is 6.22. The zero-order valence-corrected chi connectivity index (χ0v) is 20.2. The molecule has 4 heteroatoms. The second kappa shape index (κ2) is 8.27. The van der Waals surface area contributed by atoms with Gasteiger partial charge in [0.25, 0.3) is 0 Å². The number of anilines is 2. The SMILES string of the molecule is O[C@H](CN1CCC(CN2c3ccccc3Oc3ccccc32)CC1)C12CC3CC(CC(C3)C1)C2. The summed E-state index contributed by atoms with van der Waals surface area (Å²) in [6.45, 7) is 4.15. The van der Waals surface area contributed by atoms with Gasteiger partial charge in [-0.05, 0) is 118 Å². The minimum Gasteiger partial charge on any atom is -0.453 e. The molecule has 2 aromatic carbocycles. The van der Waals surface area contributed by atoms with Gasteiger partial charge < -0.3 is 19.6 Å². The molecule has 34 heavy (non-hydrogen) atoms. The molecule has 2 heterocycles. The van der Waals surface area contributed by atoms with Crippen LogP contribution < -0.4 is 9.64 Å². The highest BCUT2D eigenvalue weighted by Gasteiger charge is 2.54. The van der Waals surface area contributed by atoms with Crippen LogP contribution in [0.1, 0.15) is 51.4 Å². The molecular formula is C30H38N2O2. The van der Waals surface area contributed by atoms with Crippen molar-refractivity contribution in [2.24, 2.45) is 29.1 Å². The Hall–Kier alpha value is -2.04. The minimum absolute atomic E-state index is 0.129. The van der Waals surface area contributed by atoms with Gasteiger partial charge in [-0.1, -0.05) is 24.3 Å². The first-order valence-electron chi connectivity index (χ1n) is 13.7. The van der Waals surface area contributed by atoms with E-state index in [4.69, 9.17) is 4.74 Å². The van der Waals surface area contributed by atoms with Crippen molar-refractivity contribution < 1.29 is 9.84 Å². The molecule has 0 spiro atoms. The third-order valence-corrected chi connectivity index (χ3v) is 9.90. The molecule has 4 nitrogen and oxygen atoms in total. The van der Waals surface area contributed by atoms with Crippen LogP contribution in [0.25, 0.3) is 0 Å². The number of piperidine rings is 1. The van der Waals surface area contributed by atoms with E-state index >= 15 is 0 Å². The molecule has 0 radical (unpaired) electrons. The Kier molecular flexibility index (Phi) is 5.17. The van der Waals surface area contributed by atoms with Gasteiger partial charge in [0.05, 0.1) is 17.5 Å². The Morgan fingerprint density at radius 1 is 0.824 bits per heavy atom. The number of likely N-dealkylation sites (tertiary alicyclic amines) is 1. The van der Waals surface area contributed by atoms with Crippen LogP contribution in [0, 0.1) is 29.1 Å². The van der Waals surface area contributed by atoms with Crippen LogP contribution in [-0.4, -0.2) is 42.3 Å². The van der Waals surface area contributed by atoms with Crippen molar-refractivity contribution in [1.82, 2.24) is 4.90 Å². The lowest BCUT2D eigenvalue weighted by molar-refractivity contribution is -0.127. The maximum atomic E-state index is 11.4. The van der Waals surface area contributed by atoms with E-state index < -0.39 is 0 Å². The summed E-state index contributed by atoms with van der Waals surface area (Å²) in [5.74, 6) is 5.30. The fraction of sp³-hybridized carbons (Fsp3) is 0.600. The summed E-state index contributed by atoms with van der Waals surface area (Å²) in [6.07, 6.45) is 10.5. The smallest absolute Gasteiger partial charge is 0.151 e. The molecule has 1 atom stereocenters. The van der Waals surface area contributed by atoms with Crippen LogP contribution in [0.4, 0.5) is 11.4 Å². The number of β-amino-alcohol motifs (C(OH)–C–C–N with tert-alkyl or cyclic N) is 1.